The van der Waals surface area contributed by atoms with Crippen LogP contribution >= 0.6 is 0 Å². The maximum absolute atomic E-state index is 11.6. The van der Waals surface area contributed by atoms with Gasteiger partial charge in [-0.25, -0.2) is 0 Å². The van der Waals surface area contributed by atoms with Gasteiger partial charge in [0.15, 0.2) is 0 Å². The van der Waals surface area contributed by atoms with Gasteiger partial charge in [-0.1, -0.05) is 71.3 Å². The Morgan fingerprint density at radius 1 is 0.900 bits per heavy atom. The normalized spacial score (nSPS) is 15.4. The molecule has 3 nitrogen and oxygen atoms in total. The fourth-order valence-electron chi connectivity index (χ4n) is 2.64. The van der Waals surface area contributed by atoms with E-state index >= 15 is 0 Å². The molecule has 1 heterocycles. The van der Waals surface area contributed by atoms with E-state index in [4.69, 9.17) is 0 Å². The van der Waals surface area contributed by atoms with Gasteiger partial charge in [0.2, 0.25) is 5.91 Å². The molecule has 0 aliphatic carbocycles. The Bertz CT molecular complexity index is 336. The van der Waals surface area contributed by atoms with E-state index in [1.807, 2.05) is 0 Å². The number of nitrogens with zero attached hydrogens (tertiary/aromatic N) is 1. The van der Waals surface area contributed by atoms with Gasteiger partial charge in [-0.15, -0.1) is 0 Å². The summed E-state index contributed by atoms with van der Waals surface area (Å²) in [5.41, 5.74) is 0.446. The topological polar surface area (TPSA) is 37.4 Å². The van der Waals surface area contributed by atoms with Crippen molar-refractivity contribution in [3.05, 3.63) is 12.2 Å². The van der Waals surface area contributed by atoms with E-state index in [2.05, 4.69) is 13.5 Å². The molecule has 1 aliphatic heterocycles. The zero-order valence-corrected chi connectivity index (χ0v) is 13.0. The molecule has 0 saturated carbocycles. The quantitative estimate of drug-likeness (QED) is 0.322. The van der Waals surface area contributed by atoms with E-state index in [0.29, 0.717) is 12.1 Å². The van der Waals surface area contributed by atoms with Crippen LogP contribution in [0, 0.1) is 0 Å². The number of unbranched alkanes of at least 4 members (excludes halogenated alkanes) is 9. The first-order valence-corrected chi connectivity index (χ1v) is 8.19. The smallest absolute Gasteiger partial charge is 0.256 e. The number of carbonyl (C=O) groups excluding carboxylic acids is 2. The van der Waals surface area contributed by atoms with E-state index < -0.39 is 0 Å². The van der Waals surface area contributed by atoms with Crippen molar-refractivity contribution >= 4 is 11.8 Å². The molecule has 0 aromatic rings. The number of amides is 2. The number of likely N-dealkylation sites (tertiary alicyclic amines) is 1. The summed E-state index contributed by atoms with van der Waals surface area (Å²) in [6.45, 7) is 6.44. The molecule has 0 spiro atoms. The maximum atomic E-state index is 11.6. The Morgan fingerprint density at radius 3 is 1.85 bits per heavy atom. The van der Waals surface area contributed by atoms with Crippen LogP contribution in [0.1, 0.15) is 77.6 Å². The third-order valence-corrected chi connectivity index (χ3v) is 3.95. The van der Waals surface area contributed by atoms with E-state index in [1.54, 1.807) is 0 Å². The summed E-state index contributed by atoms with van der Waals surface area (Å²) in [6, 6.07) is 0. The van der Waals surface area contributed by atoms with Crippen molar-refractivity contribution in [3.8, 4) is 0 Å². The van der Waals surface area contributed by atoms with Gasteiger partial charge < -0.3 is 0 Å². The number of hydrogen-bond acceptors (Lipinski definition) is 2. The molecule has 0 radical (unpaired) electrons. The van der Waals surface area contributed by atoms with Crippen molar-refractivity contribution in [1.82, 2.24) is 4.90 Å². The second-order valence-corrected chi connectivity index (χ2v) is 5.81. The van der Waals surface area contributed by atoms with E-state index in [-0.39, 0.29) is 18.2 Å². The lowest BCUT2D eigenvalue weighted by Crippen LogP contribution is -2.30. The lowest BCUT2D eigenvalue weighted by molar-refractivity contribution is -0.137. The van der Waals surface area contributed by atoms with E-state index in [9.17, 15) is 9.59 Å². The Balaban J connectivity index is 1.94. The van der Waals surface area contributed by atoms with Crippen LogP contribution in [0.2, 0.25) is 0 Å². The number of imide groups is 1. The summed E-state index contributed by atoms with van der Waals surface area (Å²) < 4.78 is 0. The van der Waals surface area contributed by atoms with Gasteiger partial charge >= 0.3 is 0 Å². The van der Waals surface area contributed by atoms with Crippen molar-refractivity contribution < 1.29 is 9.59 Å². The lowest BCUT2D eigenvalue weighted by Gasteiger charge is -2.12. The van der Waals surface area contributed by atoms with Crippen molar-refractivity contribution in [2.24, 2.45) is 0 Å². The van der Waals surface area contributed by atoms with E-state index in [1.165, 1.54) is 56.3 Å². The summed E-state index contributed by atoms with van der Waals surface area (Å²) in [7, 11) is 0. The lowest BCUT2D eigenvalue weighted by atomic mass is 10.1. The monoisotopic (exact) mass is 279 g/mol. The van der Waals surface area contributed by atoms with E-state index in [0.717, 1.165) is 12.8 Å². The van der Waals surface area contributed by atoms with Crippen LogP contribution in [0.4, 0.5) is 0 Å². The molecule has 114 valence electrons. The Morgan fingerprint density at radius 2 is 1.40 bits per heavy atom. The fourth-order valence-corrected chi connectivity index (χ4v) is 2.64. The molecule has 0 atom stereocenters. The molecule has 3 heteroatoms. The first kappa shape index (κ1) is 16.9. The molecular formula is C17H29NO2. The summed E-state index contributed by atoms with van der Waals surface area (Å²) in [5.74, 6) is -0.234. The maximum Gasteiger partial charge on any atom is 0.256 e. The van der Waals surface area contributed by atoms with Crippen molar-refractivity contribution in [2.75, 3.05) is 6.54 Å². The number of rotatable bonds is 11. The number of hydrogen-bond donors (Lipinski definition) is 0. The van der Waals surface area contributed by atoms with Crippen LogP contribution < -0.4 is 0 Å². The second kappa shape index (κ2) is 9.73. The Kier molecular flexibility index (Phi) is 8.24. The third kappa shape index (κ3) is 5.89. The van der Waals surface area contributed by atoms with Crippen LogP contribution in [0.25, 0.3) is 0 Å². The van der Waals surface area contributed by atoms with Crippen molar-refractivity contribution in [2.45, 2.75) is 77.6 Å². The second-order valence-electron chi connectivity index (χ2n) is 5.81. The zero-order valence-electron chi connectivity index (χ0n) is 13.0. The van der Waals surface area contributed by atoms with Crippen LogP contribution in [0.5, 0.6) is 0 Å². The molecule has 0 bridgehead atoms. The van der Waals surface area contributed by atoms with Crippen LogP contribution in [0.15, 0.2) is 12.2 Å². The predicted octanol–water partition coefficient (Wildman–Crippen LogP) is 4.22. The summed E-state index contributed by atoms with van der Waals surface area (Å²) in [6.07, 6.45) is 12.8. The first-order valence-electron chi connectivity index (χ1n) is 8.19. The van der Waals surface area contributed by atoms with Crippen molar-refractivity contribution in [1.29, 1.82) is 0 Å². The highest BCUT2D eigenvalue weighted by Gasteiger charge is 2.31. The minimum atomic E-state index is -0.161. The average Bonchev–Trinajstić information content (AvgIpc) is 2.67. The largest absolute Gasteiger partial charge is 0.279 e. The first-order chi connectivity index (χ1) is 9.66. The van der Waals surface area contributed by atoms with Gasteiger partial charge in [-0.05, 0) is 6.42 Å². The van der Waals surface area contributed by atoms with Gasteiger partial charge in [0.1, 0.15) is 0 Å². The summed E-state index contributed by atoms with van der Waals surface area (Å²) >= 11 is 0. The molecule has 1 fully saturated rings. The molecule has 1 rings (SSSR count). The van der Waals surface area contributed by atoms with Gasteiger partial charge in [-0.3, -0.25) is 14.5 Å². The molecule has 2 amide bonds. The molecule has 0 N–H and O–H groups in total. The third-order valence-electron chi connectivity index (χ3n) is 3.95. The van der Waals surface area contributed by atoms with Crippen LogP contribution in [-0.2, 0) is 9.59 Å². The van der Waals surface area contributed by atoms with Crippen molar-refractivity contribution in [3.63, 3.8) is 0 Å². The zero-order chi connectivity index (χ0) is 14.8. The molecule has 1 aliphatic rings. The minimum Gasteiger partial charge on any atom is -0.279 e. The number of carbonyl (C=O) groups is 2. The van der Waals surface area contributed by atoms with Crippen LogP contribution in [0.3, 0.4) is 0 Å². The van der Waals surface area contributed by atoms with Gasteiger partial charge in [0.05, 0.1) is 6.42 Å². The summed E-state index contributed by atoms with van der Waals surface area (Å²) in [4.78, 5) is 24.5. The van der Waals surface area contributed by atoms with Gasteiger partial charge in [-0.2, -0.15) is 0 Å². The highest BCUT2D eigenvalue weighted by atomic mass is 16.2. The fraction of sp³-hybridized carbons (Fsp3) is 0.765. The Labute approximate surface area is 123 Å². The summed E-state index contributed by atoms with van der Waals surface area (Å²) in [5, 5.41) is 0. The molecule has 0 unspecified atom stereocenters. The highest BCUT2D eigenvalue weighted by molar-refractivity contribution is 6.12. The average molecular weight is 279 g/mol. The standard InChI is InChI=1S/C17H29NO2/c1-3-4-5-6-7-8-9-10-11-12-13-18-16(19)14-15(2)17(18)20/h2-14H2,1H3. The molecule has 0 aromatic heterocycles. The molecule has 0 aromatic carbocycles. The van der Waals surface area contributed by atoms with Gasteiger partial charge in [0, 0.05) is 12.1 Å². The van der Waals surface area contributed by atoms with Crippen LogP contribution in [-0.4, -0.2) is 23.3 Å². The Hall–Kier alpha value is -1.12. The minimum absolute atomic E-state index is 0.0732. The predicted molar refractivity (Wildman–Crippen MR) is 82.3 cm³/mol. The SMILES string of the molecule is C=C1CC(=O)N(CCCCCCCCCCCC)C1=O. The van der Waals surface area contributed by atoms with Gasteiger partial charge in [0.25, 0.3) is 5.91 Å². The highest BCUT2D eigenvalue weighted by Crippen LogP contribution is 2.18. The molecular weight excluding hydrogens is 250 g/mol. The molecule has 20 heavy (non-hydrogen) atoms. The molecule has 1 saturated heterocycles.